The molecular weight excluding hydrogens is 382 g/mol. The average Bonchev–Trinajstić information content (AvgIpc) is 3.09. The number of para-hydroxylation sites is 1. The van der Waals surface area contributed by atoms with Crippen molar-refractivity contribution in [1.82, 2.24) is 4.98 Å². The summed E-state index contributed by atoms with van der Waals surface area (Å²) in [7, 11) is 0. The first kappa shape index (κ1) is 19.1. The molecule has 3 rings (SSSR count). The van der Waals surface area contributed by atoms with E-state index in [1.807, 2.05) is 49.6 Å². The minimum atomic E-state index is -0.440. The summed E-state index contributed by atoms with van der Waals surface area (Å²) in [5, 5.41) is 12.9. The van der Waals surface area contributed by atoms with Gasteiger partial charge in [-0.05, 0) is 38.1 Å². The lowest BCUT2D eigenvalue weighted by atomic mass is 10.3. The Morgan fingerprint density at radius 1 is 1.19 bits per heavy atom. The van der Waals surface area contributed by atoms with E-state index in [-0.39, 0.29) is 11.6 Å². The van der Waals surface area contributed by atoms with Gasteiger partial charge >= 0.3 is 0 Å². The molecule has 0 fully saturated rings. The Balaban J connectivity index is 1.84. The number of nitro benzene ring substituents is 1. The van der Waals surface area contributed by atoms with Crippen molar-refractivity contribution in [2.75, 3.05) is 4.90 Å². The number of carbonyl (C=O) groups is 1. The Morgan fingerprint density at radius 2 is 1.85 bits per heavy atom. The number of carbonyl (C=O) groups excluding carboxylic acids is 1. The van der Waals surface area contributed by atoms with Crippen molar-refractivity contribution in [3.05, 3.63) is 75.8 Å². The Morgan fingerprint density at radius 3 is 2.41 bits per heavy atom. The first-order valence-electron chi connectivity index (χ1n) is 8.18. The van der Waals surface area contributed by atoms with Crippen LogP contribution in [0.1, 0.15) is 12.6 Å². The lowest BCUT2D eigenvalue weighted by Gasteiger charge is -2.23. The van der Waals surface area contributed by atoms with Gasteiger partial charge in [-0.25, -0.2) is 4.98 Å². The van der Waals surface area contributed by atoms with Crippen molar-refractivity contribution in [3.8, 4) is 0 Å². The van der Waals surface area contributed by atoms with E-state index < -0.39 is 10.2 Å². The number of hydrogen-bond donors (Lipinski definition) is 0. The highest BCUT2D eigenvalue weighted by molar-refractivity contribution is 8.00. The van der Waals surface area contributed by atoms with Gasteiger partial charge in [-0.2, -0.15) is 0 Å². The molecule has 3 aromatic rings. The van der Waals surface area contributed by atoms with E-state index in [4.69, 9.17) is 0 Å². The summed E-state index contributed by atoms with van der Waals surface area (Å²) in [6.07, 6.45) is 0. The van der Waals surface area contributed by atoms with E-state index in [0.29, 0.717) is 5.13 Å². The quantitative estimate of drug-likeness (QED) is 0.323. The molecule has 0 spiro atoms. The fourth-order valence-corrected chi connectivity index (χ4v) is 4.17. The van der Waals surface area contributed by atoms with Gasteiger partial charge in [-0.1, -0.05) is 18.2 Å². The molecule has 1 unspecified atom stereocenters. The van der Waals surface area contributed by atoms with E-state index >= 15 is 0 Å². The van der Waals surface area contributed by atoms with E-state index in [1.165, 1.54) is 35.2 Å². The average molecular weight is 399 g/mol. The van der Waals surface area contributed by atoms with Crippen LogP contribution in [-0.4, -0.2) is 21.1 Å². The number of benzene rings is 2. The third-order valence-electron chi connectivity index (χ3n) is 3.74. The van der Waals surface area contributed by atoms with Gasteiger partial charge in [-0.15, -0.1) is 23.1 Å². The molecule has 0 saturated carbocycles. The van der Waals surface area contributed by atoms with E-state index in [9.17, 15) is 14.9 Å². The molecule has 0 aliphatic heterocycles. The molecule has 0 aliphatic carbocycles. The maximum Gasteiger partial charge on any atom is 0.269 e. The van der Waals surface area contributed by atoms with Gasteiger partial charge in [-0.3, -0.25) is 19.8 Å². The van der Waals surface area contributed by atoms with Crippen LogP contribution in [0.5, 0.6) is 0 Å². The minimum Gasteiger partial charge on any atom is -0.273 e. The molecule has 1 amide bonds. The van der Waals surface area contributed by atoms with Crippen molar-refractivity contribution in [2.24, 2.45) is 0 Å². The molecule has 1 heterocycles. The molecule has 6 nitrogen and oxygen atoms in total. The van der Waals surface area contributed by atoms with Crippen LogP contribution in [0.3, 0.4) is 0 Å². The largest absolute Gasteiger partial charge is 0.273 e. The van der Waals surface area contributed by atoms with Gasteiger partial charge in [0, 0.05) is 22.4 Å². The molecule has 0 aliphatic rings. The van der Waals surface area contributed by atoms with E-state index in [0.717, 1.165) is 16.3 Å². The Hall–Kier alpha value is -2.71. The number of hydrogen-bond acceptors (Lipinski definition) is 6. The second kappa shape index (κ2) is 8.32. The number of thioether (sulfide) groups is 1. The second-order valence-electron chi connectivity index (χ2n) is 5.79. The van der Waals surface area contributed by atoms with Crippen molar-refractivity contribution in [3.63, 3.8) is 0 Å². The Kier molecular flexibility index (Phi) is 5.88. The third-order valence-corrected chi connectivity index (χ3v) is 5.78. The molecule has 1 atom stereocenters. The smallest absolute Gasteiger partial charge is 0.269 e. The van der Waals surface area contributed by atoms with Crippen molar-refractivity contribution < 1.29 is 9.72 Å². The number of nitro groups is 1. The molecular formula is C19H17N3O3S2. The van der Waals surface area contributed by atoms with Crippen molar-refractivity contribution in [1.29, 1.82) is 0 Å². The van der Waals surface area contributed by atoms with Crippen LogP contribution in [0.15, 0.2) is 64.9 Å². The number of amides is 1. The van der Waals surface area contributed by atoms with Crippen LogP contribution in [0.4, 0.5) is 16.5 Å². The van der Waals surface area contributed by atoms with Crippen LogP contribution < -0.4 is 4.90 Å². The monoisotopic (exact) mass is 399 g/mol. The summed E-state index contributed by atoms with van der Waals surface area (Å²) >= 11 is 2.78. The SMILES string of the molecule is Cc1csc(N(C(=O)C(C)Sc2ccc([N+](=O)[O-])cc2)c2ccccc2)n1. The Labute approximate surface area is 165 Å². The van der Waals surface area contributed by atoms with Crippen LogP contribution in [0, 0.1) is 17.0 Å². The molecule has 27 heavy (non-hydrogen) atoms. The first-order valence-corrected chi connectivity index (χ1v) is 9.94. The van der Waals surface area contributed by atoms with E-state index in [1.54, 1.807) is 17.0 Å². The van der Waals surface area contributed by atoms with Gasteiger partial charge in [0.05, 0.1) is 21.6 Å². The molecule has 0 radical (unpaired) electrons. The zero-order valence-corrected chi connectivity index (χ0v) is 16.4. The highest BCUT2D eigenvalue weighted by atomic mass is 32.2. The van der Waals surface area contributed by atoms with Crippen LogP contribution in [0.2, 0.25) is 0 Å². The maximum absolute atomic E-state index is 13.2. The van der Waals surface area contributed by atoms with Crippen LogP contribution in [0.25, 0.3) is 0 Å². The highest BCUT2D eigenvalue weighted by Gasteiger charge is 2.26. The number of thiazole rings is 1. The predicted octanol–water partition coefficient (Wildman–Crippen LogP) is 5.21. The van der Waals surface area contributed by atoms with Gasteiger partial charge < -0.3 is 0 Å². The van der Waals surface area contributed by atoms with Crippen molar-refractivity contribution in [2.45, 2.75) is 24.0 Å². The number of anilines is 2. The molecule has 138 valence electrons. The summed E-state index contributed by atoms with van der Waals surface area (Å²) in [5.74, 6) is -0.0982. The number of nitrogens with zero attached hydrogens (tertiary/aromatic N) is 3. The lowest BCUT2D eigenvalue weighted by Crippen LogP contribution is -2.32. The minimum absolute atomic E-state index is 0.0301. The summed E-state index contributed by atoms with van der Waals surface area (Å²) in [6, 6.07) is 15.6. The van der Waals surface area contributed by atoms with Crippen molar-refractivity contribution >= 4 is 45.5 Å². The molecule has 1 aromatic heterocycles. The van der Waals surface area contributed by atoms with Gasteiger partial charge in [0.15, 0.2) is 5.13 Å². The van der Waals surface area contributed by atoms with Gasteiger partial charge in [0.25, 0.3) is 5.69 Å². The topological polar surface area (TPSA) is 76.3 Å². The normalized spacial score (nSPS) is 11.8. The van der Waals surface area contributed by atoms with Crippen LogP contribution >= 0.6 is 23.1 Å². The fourth-order valence-electron chi connectivity index (χ4n) is 2.44. The number of rotatable bonds is 6. The first-order chi connectivity index (χ1) is 13.0. The molecule has 0 bridgehead atoms. The molecule has 0 N–H and O–H groups in total. The van der Waals surface area contributed by atoms with Crippen LogP contribution in [-0.2, 0) is 4.79 Å². The predicted molar refractivity (Wildman–Crippen MR) is 109 cm³/mol. The fraction of sp³-hybridized carbons (Fsp3) is 0.158. The van der Waals surface area contributed by atoms with Gasteiger partial charge in [0.1, 0.15) is 0 Å². The number of aromatic nitrogens is 1. The molecule has 2 aromatic carbocycles. The lowest BCUT2D eigenvalue weighted by molar-refractivity contribution is -0.384. The molecule has 0 saturated heterocycles. The van der Waals surface area contributed by atoms with E-state index in [2.05, 4.69) is 4.98 Å². The third kappa shape index (κ3) is 4.53. The number of aryl methyl sites for hydroxylation is 1. The standard InChI is InChI=1S/C19H17N3O3S2/c1-13-12-26-19(20-13)21(15-6-4-3-5-7-15)18(23)14(2)27-17-10-8-16(9-11-17)22(24)25/h3-12,14H,1-2H3. The Bertz CT molecular complexity index is 942. The summed E-state index contributed by atoms with van der Waals surface area (Å²) in [5.41, 5.74) is 1.65. The second-order valence-corrected chi connectivity index (χ2v) is 8.04. The maximum atomic E-state index is 13.2. The van der Waals surface area contributed by atoms with Gasteiger partial charge in [0.2, 0.25) is 5.91 Å². The zero-order valence-electron chi connectivity index (χ0n) is 14.7. The highest BCUT2D eigenvalue weighted by Crippen LogP contribution is 2.33. The summed E-state index contributed by atoms with van der Waals surface area (Å²) in [4.78, 5) is 30.4. The summed E-state index contributed by atoms with van der Waals surface area (Å²) in [6.45, 7) is 3.72. The zero-order chi connectivity index (χ0) is 19.4. The number of non-ortho nitro benzene ring substituents is 1. The molecule has 8 heteroatoms. The summed E-state index contributed by atoms with van der Waals surface area (Å²) < 4.78 is 0.